The molecule has 3 aliphatic carbocycles. The van der Waals surface area contributed by atoms with E-state index in [4.69, 9.17) is 9.47 Å². The number of rotatable bonds is 11. The summed E-state index contributed by atoms with van der Waals surface area (Å²) in [5.41, 5.74) is -0.464. The molecule has 0 aromatic rings. The fourth-order valence-electron chi connectivity index (χ4n) is 8.94. The SMILES string of the molecule is C=C(C)C(=O)OCC1C(C)CC(C)C(C(=O)P(=O)(C(=O)C2C(C)CC(C)C(COC(=O)C(=C)C)C2C)C2CCCCC2)C1C. The van der Waals surface area contributed by atoms with E-state index >= 15 is 4.57 Å². The van der Waals surface area contributed by atoms with Crippen LogP contribution >= 0.6 is 7.14 Å². The van der Waals surface area contributed by atoms with Crippen LogP contribution in [0, 0.1) is 59.2 Å². The standard InChI is InChI=1S/C36H57O7P/c1-20(2)33(37)42-18-29-22(5)16-24(7)31(26(29)9)35(39)44(41,28-14-12-11-13-15-28)36(40)32-25(8)17-23(6)30(27(32)10)19-43-34(38)21(3)4/h22-32H,1,3,11-19H2,2,4-10H3. The van der Waals surface area contributed by atoms with E-state index in [2.05, 4.69) is 27.0 Å². The van der Waals surface area contributed by atoms with Gasteiger partial charge in [-0.3, -0.25) is 9.59 Å². The molecule has 44 heavy (non-hydrogen) atoms. The van der Waals surface area contributed by atoms with Crippen molar-refractivity contribution in [3.8, 4) is 0 Å². The van der Waals surface area contributed by atoms with E-state index in [-0.39, 0.29) is 71.6 Å². The molecule has 0 amide bonds. The lowest BCUT2D eigenvalue weighted by Gasteiger charge is -2.47. The normalized spacial score (nSPS) is 36.0. The van der Waals surface area contributed by atoms with Gasteiger partial charge in [-0.05, 0) is 86.9 Å². The molecule has 0 aromatic carbocycles. The van der Waals surface area contributed by atoms with E-state index in [1.165, 1.54) is 0 Å². The Kier molecular flexibility index (Phi) is 12.5. The molecule has 0 heterocycles. The molecule has 0 aliphatic heterocycles. The van der Waals surface area contributed by atoms with Gasteiger partial charge in [0.1, 0.15) is 0 Å². The predicted molar refractivity (Wildman–Crippen MR) is 174 cm³/mol. The fraction of sp³-hybridized carbons (Fsp3) is 0.778. The molecule has 0 aromatic heterocycles. The van der Waals surface area contributed by atoms with Crippen LogP contribution in [0.2, 0.25) is 0 Å². The maximum Gasteiger partial charge on any atom is 0.333 e. The van der Waals surface area contributed by atoms with Gasteiger partial charge in [0.05, 0.1) is 13.2 Å². The summed E-state index contributed by atoms with van der Waals surface area (Å²) < 4.78 is 26.7. The average molecular weight is 633 g/mol. The van der Waals surface area contributed by atoms with Gasteiger partial charge >= 0.3 is 11.9 Å². The maximum absolute atomic E-state index is 15.5. The number of hydrogen-bond acceptors (Lipinski definition) is 7. The van der Waals surface area contributed by atoms with Crippen LogP contribution in [0.25, 0.3) is 0 Å². The minimum Gasteiger partial charge on any atom is -0.462 e. The molecule has 0 N–H and O–H groups in total. The average Bonchev–Trinajstić information content (AvgIpc) is 2.95. The zero-order valence-electron chi connectivity index (χ0n) is 28.4. The van der Waals surface area contributed by atoms with Crippen LogP contribution in [0.3, 0.4) is 0 Å². The van der Waals surface area contributed by atoms with Crippen molar-refractivity contribution in [2.24, 2.45) is 59.2 Å². The van der Waals surface area contributed by atoms with Crippen molar-refractivity contribution in [1.29, 1.82) is 0 Å². The Morgan fingerprint density at radius 3 is 1.34 bits per heavy atom. The van der Waals surface area contributed by atoms with Crippen LogP contribution < -0.4 is 0 Å². The van der Waals surface area contributed by atoms with E-state index in [9.17, 15) is 19.2 Å². The highest BCUT2D eigenvalue weighted by atomic mass is 31.2. The Morgan fingerprint density at radius 1 is 0.636 bits per heavy atom. The number of carbonyl (C=O) groups is 4. The summed E-state index contributed by atoms with van der Waals surface area (Å²) in [6.45, 7) is 23.2. The Morgan fingerprint density at radius 2 is 1.00 bits per heavy atom. The van der Waals surface area contributed by atoms with Crippen molar-refractivity contribution in [3.63, 3.8) is 0 Å². The van der Waals surface area contributed by atoms with Crippen LogP contribution in [0.4, 0.5) is 0 Å². The number of carbonyl (C=O) groups excluding carboxylic acids is 4. The van der Waals surface area contributed by atoms with Gasteiger partial charge in [-0.2, -0.15) is 0 Å². The second-order valence-electron chi connectivity index (χ2n) is 14.9. The lowest BCUT2D eigenvalue weighted by atomic mass is 9.64. The van der Waals surface area contributed by atoms with Crippen molar-refractivity contribution in [1.82, 2.24) is 0 Å². The second kappa shape index (κ2) is 15.1. The highest BCUT2D eigenvalue weighted by Gasteiger charge is 2.57. The largest absolute Gasteiger partial charge is 0.462 e. The Balaban J connectivity index is 1.98. The molecule has 0 bridgehead atoms. The first kappa shape index (κ1) is 36.5. The van der Waals surface area contributed by atoms with Gasteiger partial charge < -0.3 is 14.0 Å². The predicted octanol–water partition coefficient (Wildman–Crippen LogP) is 8.06. The van der Waals surface area contributed by atoms with Crippen LogP contribution in [-0.2, 0) is 33.2 Å². The van der Waals surface area contributed by atoms with Crippen LogP contribution in [0.5, 0.6) is 0 Å². The van der Waals surface area contributed by atoms with Gasteiger partial charge in [0, 0.05) is 28.6 Å². The summed E-state index contributed by atoms with van der Waals surface area (Å²) in [4.78, 5) is 54.2. The number of esters is 2. The van der Waals surface area contributed by atoms with Crippen molar-refractivity contribution >= 4 is 30.1 Å². The lowest BCUT2D eigenvalue weighted by molar-refractivity contribution is -0.144. The quantitative estimate of drug-likeness (QED) is 0.129. The third-order valence-corrected chi connectivity index (χ3v) is 14.9. The molecule has 3 rings (SSSR count). The lowest BCUT2D eigenvalue weighted by Crippen LogP contribution is -2.47. The molecule has 248 valence electrons. The van der Waals surface area contributed by atoms with Crippen molar-refractivity contribution < 1.29 is 33.2 Å². The first-order chi connectivity index (χ1) is 20.5. The van der Waals surface area contributed by atoms with E-state index in [1.807, 2.05) is 27.7 Å². The maximum atomic E-state index is 15.5. The monoisotopic (exact) mass is 632 g/mol. The van der Waals surface area contributed by atoms with E-state index in [0.717, 1.165) is 32.1 Å². The zero-order chi connectivity index (χ0) is 33.1. The molecular weight excluding hydrogens is 575 g/mol. The first-order valence-corrected chi connectivity index (χ1v) is 18.6. The van der Waals surface area contributed by atoms with Crippen molar-refractivity contribution in [3.05, 3.63) is 24.3 Å². The Hall–Kier alpha value is -2.01. The third kappa shape index (κ3) is 7.51. The number of hydrogen-bond donors (Lipinski definition) is 0. The van der Waals surface area contributed by atoms with Crippen LogP contribution in [0.1, 0.15) is 100 Å². The molecule has 3 aliphatic rings. The minimum absolute atomic E-state index is 0.0409. The number of ether oxygens (including phenoxy) is 2. The summed E-state index contributed by atoms with van der Waals surface area (Å²) in [5.74, 6) is -2.23. The van der Waals surface area contributed by atoms with Crippen molar-refractivity contribution in [2.75, 3.05) is 13.2 Å². The van der Waals surface area contributed by atoms with Crippen LogP contribution in [0.15, 0.2) is 24.3 Å². The Labute approximate surface area is 265 Å². The molecule has 0 spiro atoms. The van der Waals surface area contributed by atoms with Crippen LogP contribution in [-0.4, -0.2) is 41.9 Å². The van der Waals surface area contributed by atoms with Gasteiger partial charge in [-0.15, -0.1) is 0 Å². The fourth-order valence-corrected chi connectivity index (χ4v) is 12.8. The molecule has 7 nitrogen and oxygen atoms in total. The third-order valence-electron chi connectivity index (χ3n) is 11.5. The van der Waals surface area contributed by atoms with Gasteiger partial charge in [0.2, 0.25) is 18.2 Å². The van der Waals surface area contributed by atoms with Gasteiger partial charge in [0.25, 0.3) is 0 Å². The molecule has 0 radical (unpaired) electrons. The summed E-state index contributed by atoms with van der Waals surface area (Å²) in [5, 5.41) is 0. The highest BCUT2D eigenvalue weighted by Crippen LogP contribution is 2.64. The molecular formula is C36H57O7P. The molecule has 10 atom stereocenters. The Bertz CT molecular complexity index is 1090. The molecule has 0 saturated heterocycles. The van der Waals surface area contributed by atoms with E-state index in [1.54, 1.807) is 13.8 Å². The summed E-state index contributed by atoms with van der Waals surface area (Å²) in [6.07, 6.45) is 5.49. The molecule has 3 saturated carbocycles. The van der Waals surface area contributed by atoms with Gasteiger partial charge in [-0.25, -0.2) is 9.59 Å². The summed E-state index contributed by atoms with van der Waals surface area (Å²) in [6, 6.07) is 0. The first-order valence-electron chi connectivity index (χ1n) is 16.9. The molecule has 10 unspecified atom stereocenters. The van der Waals surface area contributed by atoms with Gasteiger partial charge in [-0.1, -0.05) is 74.0 Å². The highest BCUT2D eigenvalue weighted by molar-refractivity contribution is 7.94. The molecule has 3 fully saturated rings. The summed E-state index contributed by atoms with van der Waals surface area (Å²) in [7, 11) is -3.98. The van der Waals surface area contributed by atoms with E-state index in [0.29, 0.717) is 24.0 Å². The zero-order valence-corrected chi connectivity index (χ0v) is 29.3. The minimum atomic E-state index is -3.98. The smallest absolute Gasteiger partial charge is 0.333 e. The summed E-state index contributed by atoms with van der Waals surface area (Å²) >= 11 is 0. The van der Waals surface area contributed by atoms with Gasteiger partial charge in [0.15, 0.2) is 0 Å². The van der Waals surface area contributed by atoms with Crippen molar-refractivity contribution in [2.45, 2.75) is 106 Å². The topological polar surface area (TPSA) is 104 Å². The second-order valence-corrected chi connectivity index (χ2v) is 17.8. The molecule has 8 heteroatoms. The van der Waals surface area contributed by atoms with E-state index < -0.39 is 36.6 Å².